The molecular weight excluding hydrogens is 232 g/mol. The average Bonchev–Trinajstić information content (AvgIpc) is 2.60. The Kier molecular flexibility index (Phi) is 4.57. The van der Waals surface area contributed by atoms with Gasteiger partial charge in [0.25, 0.3) is 5.91 Å². The van der Waals surface area contributed by atoms with Crippen LogP contribution in [0.5, 0.6) is 0 Å². The maximum absolute atomic E-state index is 11.8. The molecular formula is C10H15ClN2OS. The van der Waals surface area contributed by atoms with Gasteiger partial charge in [-0.3, -0.25) is 4.79 Å². The van der Waals surface area contributed by atoms with Gasteiger partial charge < -0.3 is 11.1 Å². The highest BCUT2D eigenvalue weighted by Gasteiger charge is 2.18. The molecule has 84 valence electrons. The zero-order valence-electron chi connectivity index (χ0n) is 8.79. The third-order valence-corrected chi connectivity index (χ3v) is 3.54. The largest absolute Gasteiger partial charge is 0.347 e. The third-order valence-electron chi connectivity index (χ3n) is 2.20. The summed E-state index contributed by atoms with van der Waals surface area (Å²) in [7, 11) is 0. The van der Waals surface area contributed by atoms with Gasteiger partial charge in [-0.05, 0) is 17.4 Å². The highest BCUT2D eigenvalue weighted by Crippen LogP contribution is 2.21. The van der Waals surface area contributed by atoms with Crippen LogP contribution in [0.4, 0.5) is 0 Å². The summed E-state index contributed by atoms with van der Waals surface area (Å²) < 4.78 is 0. The molecule has 15 heavy (non-hydrogen) atoms. The number of amides is 1. The molecule has 0 aliphatic heterocycles. The Bertz CT molecular complexity index is 338. The second kappa shape index (κ2) is 5.49. The van der Waals surface area contributed by atoms with Crippen LogP contribution in [0, 0.1) is 5.92 Å². The van der Waals surface area contributed by atoms with E-state index in [-0.39, 0.29) is 11.9 Å². The maximum Gasteiger partial charge on any atom is 0.263 e. The first-order chi connectivity index (χ1) is 7.06. The van der Waals surface area contributed by atoms with Gasteiger partial charge in [0.1, 0.15) is 4.88 Å². The van der Waals surface area contributed by atoms with Gasteiger partial charge in [0.05, 0.1) is 5.02 Å². The van der Waals surface area contributed by atoms with Gasteiger partial charge in [-0.25, -0.2) is 0 Å². The van der Waals surface area contributed by atoms with Crippen LogP contribution in [0.15, 0.2) is 11.4 Å². The van der Waals surface area contributed by atoms with E-state index in [1.807, 2.05) is 13.8 Å². The number of carbonyl (C=O) groups excluding carboxylic acids is 1. The fraction of sp³-hybridized carbons (Fsp3) is 0.500. The van der Waals surface area contributed by atoms with E-state index in [1.54, 1.807) is 11.4 Å². The van der Waals surface area contributed by atoms with E-state index in [0.29, 0.717) is 22.4 Å². The smallest absolute Gasteiger partial charge is 0.263 e. The Labute approximate surface area is 98.6 Å². The van der Waals surface area contributed by atoms with Crippen molar-refractivity contribution >= 4 is 28.8 Å². The number of rotatable bonds is 4. The zero-order valence-corrected chi connectivity index (χ0v) is 10.4. The molecule has 3 nitrogen and oxygen atoms in total. The van der Waals surface area contributed by atoms with Gasteiger partial charge in [-0.2, -0.15) is 0 Å². The van der Waals surface area contributed by atoms with Crippen LogP contribution < -0.4 is 11.1 Å². The standard InChI is InChI=1S/C10H15ClN2OS/c1-6(2)8(5-12)13-10(14)9-7(11)3-4-15-9/h3-4,6,8H,5,12H2,1-2H3,(H,13,14). The van der Waals surface area contributed by atoms with Gasteiger partial charge in [-0.15, -0.1) is 11.3 Å². The summed E-state index contributed by atoms with van der Waals surface area (Å²) >= 11 is 7.20. The summed E-state index contributed by atoms with van der Waals surface area (Å²) in [5.74, 6) is 0.178. The number of nitrogens with two attached hydrogens (primary N) is 1. The normalized spacial score (nSPS) is 12.9. The second-order valence-corrected chi connectivity index (χ2v) is 4.98. The number of hydrogen-bond acceptors (Lipinski definition) is 3. The lowest BCUT2D eigenvalue weighted by Gasteiger charge is -2.20. The predicted octanol–water partition coefficient (Wildman–Crippen LogP) is 2.11. The van der Waals surface area contributed by atoms with Gasteiger partial charge in [-0.1, -0.05) is 25.4 Å². The number of carbonyl (C=O) groups is 1. The molecule has 1 aromatic rings. The van der Waals surface area contributed by atoms with E-state index < -0.39 is 0 Å². The van der Waals surface area contributed by atoms with Crippen LogP contribution in [0.3, 0.4) is 0 Å². The monoisotopic (exact) mass is 246 g/mol. The van der Waals surface area contributed by atoms with Gasteiger partial charge in [0, 0.05) is 12.6 Å². The number of halogens is 1. The summed E-state index contributed by atoms with van der Waals surface area (Å²) in [6, 6.07) is 1.71. The fourth-order valence-electron chi connectivity index (χ4n) is 1.19. The summed E-state index contributed by atoms with van der Waals surface area (Å²) in [4.78, 5) is 12.3. The molecule has 1 heterocycles. The van der Waals surface area contributed by atoms with E-state index in [4.69, 9.17) is 17.3 Å². The van der Waals surface area contributed by atoms with Crippen LogP contribution in [-0.2, 0) is 0 Å². The van der Waals surface area contributed by atoms with Crippen LogP contribution in [0.25, 0.3) is 0 Å². The van der Waals surface area contributed by atoms with Crippen molar-refractivity contribution in [3.63, 3.8) is 0 Å². The third kappa shape index (κ3) is 3.19. The molecule has 5 heteroatoms. The summed E-state index contributed by atoms with van der Waals surface area (Å²) in [6.45, 7) is 4.48. The van der Waals surface area contributed by atoms with Crippen molar-refractivity contribution < 1.29 is 4.79 Å². The molecule has 0 saturated heterocycles. The van der Waals surface area contributed by atoms with Crippen molar-refractivity contribution in [2.24, 2.45) is 11.7 Å². The van der Waals surface area contributed by atoms with E-state index in [1.165, 1.54) is 11.3 Å². The molecule has 1 amide bonds. The molecule has 1 rings (SSSR count). The minimum Gasteiger partial charge on any atom is -0.347 e. The molecule has 3 N–H and O–H groups in total. The summed E-state index contributed by atoms with van der Waals surface area (Å²) in [5, 5.41) is 5.16. The predicted molar refractivity (Wildman–Crippen MR) is 64.5 cm³/mol. The molecule has 0 radical (unpaired) electrons. The van der Waals surface area contributed by atoms with Crippen LogP contribution in [-0.4, -0.2) is 18.5 Å². The average molecular weight is 247 g/mol. The lowest BCUT2D eigenvalue weighted by molar-refractivity contribution is 0.0932. The van der Waals surface area contributed by atoms with Gasteiger partial charge in [0.2, 0.25) is 0 Å². The van der Waals surface area contributed by atoms with E-state index >= 15 is 0 Å². The quantitative estimate of drug-likeness (QED) is 0.855. The van der Waals surface area contributed by atoms with E-state index in [9.17, 15) is 4.79 Å². The molecule has 0 saturated carbocycles. The van der Waals surface area contributed by atoms with Crippen LogP contribution in [0.1, 0.15) is 23.5 Å². The van der Waals surface area contributed by atoms with Gasteiger partial charge in [0.15, 0.2) is 0 Å². The Morgan fingerprint density at radius 2 is 2.33 bits per heavy atom. The number of hydrogen-bond donors (Lipinski definition) is 2. The van der Waals surface area contributed by atoms with Crippen molar-refractivity contribution in [3.8, 4) is 0 Å². The van der Waals surface area contributed by atoms with Crippen LogP contribution >= 0.6 is 22.9 Å². The topological polar surface area (TPSA) is 55.1 Å². The summed E-state index contributed by atoms with van der Waals surface area (Å²) in [5.41, 5.74) is 5.57. The first-order valence-electron chi connectivity index (χ1n) is 4.80. The lowest BCUT2D eigenvalue weighted by atomic mass is 10.0. The second-order valence-electron chi connectivity index (χ2n) is 3.66. The first kappa shape index (κ1) is 12.5. The SMILES string of the molecule is CC(C)C(CN)NC(=O)c1sccc1Cl. The Balaban J connectivity index is 2.67. The van der Waals surface area contributed by atoms with Crippen molar-refractivity contribution in [3.05, 3.63) is 21.3 Å². The Hall–Kier alpha value is -0.580. The minimum absolute atomic E-state index is 0.00401. The van der Waals surface area contributed by atoms with Crippen molar-refractivity contribution in [2.45, 2.75) is 19.9 Å². The van der Waals surface area contributed by atoms with Crippen molar-refractivity contribution in [1.82, 2.24) is 5.32 Å². The molecule has 1 unspecified atom stereocenters. The molecule has 0 bridgehead atoms. The minimum atomic E-state index is -0.140. The molecule has 0 spiro atoms. The molecule has 0 aromatic carbocycles. The van der Waals surface area contributed by atoms with Crippen molar-refractivity contribution in [1.29, 1.82) is 0 Å². The summed E-state index contributed by atoms with van der Waals surface area (Å²) in [6.07, 6.45) is 0. The molecule has 0 aliphatic rings. The zero-order chi connectivity index (χ0) is 11.4. The maximum atomic E-state index is 11.8. The number of thiophene rings is 1. The molecule has 1 atom stereocenters. The lowest BCUT2D eigenvalue weighted by Crippen LogP contribution is -2.43. The van der Waals surface area contributed by atoms with Crippen LogP contribution in [0.2, 0.25) is 5.02 Å². The number of nitrogens with one attached hydrogen (secondary N) is 1. The molecule has 1 aromatic heterocycles. The highest BCUT2D eigenvalue weighted by molar-refractivity contribution is 7.12. The highest BCUT2D eigenvalue weighted by atomic mass is 35.5. The fourth-order valence-corrected chi connectivity index (χ4v) is 2.23. The molecule has 0 fully saturated rings. The van der Waals surface area contributed by atoms with E-state index in [2.05, 4.69) is 5.32 Å². The van der Waals surface area contributed by atoms with Gasteiger partial charge >= 0.3 is 0 Å². The van der Waals surface area contributed by atoms with Crippen molar-refractivity contribution in [2.75, 3.05) is 6.54 Å². The van der Waals surface area contributed by atoms with E-state index in [0.717, 1.165) is 0 Å². The molecule has 0 aliphatic carbocycles. The first-order valence-corrected chi connectivity index (χ1v) is 6.06. The Morgan fingerprint density at radius 1 is 1.67 bits per heavy atom. The Morgan fingerprint density at radius 3 is 2.73 bits per heavy atom.